The molecule has 2 unspecified atom stereocenters. The molecule has 0 bridgehead atoms. The highest BCUT2D eigenvalue weighted by atomic mass is 16.5. The van der Waals surface area contributed by atoms with Gasteiger partial charge in [0.25, 0.3) is 0 Å². The van der Waals surface area contributed by atoms with Crippen LogP contribution in [0.2, 0.25) is 0 Å². The molecule has 0 heterocycles. The molecular formula is C13H25NO. The van der Waals surface area contributed by atoms with E-state index in [0.29, 0.717) is 17.6 Å². The van der Waals surface area contributed by atoms with Crippen LogP contribution in [0.5, 0.6) is 0 Å². The van der Waals surface area contributed by atoms with E-state index in [1.165, 1.54) is 25.7 Å². The molecule has 2 saturated carbocycles. The molecule has 2 rings (SSSR count). The maximum atomic E-state index is 5.98. The van der Waals surface area contributed by atoms with E-state index in [2.05, 4.69) is 26.1 Å². The molecule has 0 aromatic heterocycles. The second-order valence-electron chi connectivity index (χ2n) is 5.76. The van der Waals surface area contributed by atoms with Gasteiger partial charge in [-0.3, -0.25) is 0 Å². The normalized spacial score (nSPS) is 33.8. The fourth-order valence-electron chi connectivity index (χ4n) is 2.54. The zero-order valence-electron chi connectivity index (χ0n) is 10.4. The van der Waals surface area contributed by atoms with Crippen molar-refractivity contribution in [2.75, 3.05) is 13.2 Å². The molecule has 1 N–H and O–H groups in total. The molecule has 2 atom stereocenters. The van der Waals surface area contributed by atoms with Gasteiger partial charge < -0.3 is 10.1 Å². The van der Waals surface area contributed by atoms with E-state index >= 15 is 0 Å². The largest absolute Gasteiger partial charge is 0.378 e. The quantitative estimate of drug-likeness (QED) is 0.729. The Balaban J connectivity index is 1.66. The summed E-state index contributed by atoms with van der Waals surface area (Å²) in [5, 5.41) is 3.53. The topological polar surface area (TPSA) is 21.3 Å². The van der Waals surface area contributed by atoms with E-state index in [-0.39, 0.29) is 0 Å². The Kier molecular flexibility index (Phi) is 3.36. The Hall–Kier alpha value is -0.0800. The van der Waals surface area contributed by atoms with Crippen LogP contribution in [0.15, 0.2) is 0 Å². The maximum Gasteiger partial charge on any atom is 0.0655 e. The fourth-order valence-corrected chi connectivity index (χ4v) is 2.54. The SMILES string of the molecule is CCNC1CC(OCCC2CC2)C1(C)C. The predicted molar refractivity (Wildman–Crippen MR) is 62.9 cm³/mol. The van der Waals surface area contributed by atoms with Crippen LogP contribution < -0.4 is 5.32 Å². The lowest BCUT2D eigenvalue weighted by molar-refractivity contribution is -0.118. The lowest BCUT2D eigenvalue weighted by atomic mass is 9.64. The van der Waals surface area contributed by atoms with E-state index in [0.717, 1.165) is 19.1 Å². The molecule has 2 aliphatic carbocycles. The molecule has 0 aromatic rings. The van der Waals surface area contributed by atoms with Gasteiger partial charge in [-0.05, 0) is 25.3 Å². The minimum atomic E-state index is 0.333. The monoisotopic (exact) mass is 211 g/mol. The van der Waals surface area contributed by atoms with Crippen molar-refractivity contribution in [2.24, 2.45) is 11.3 Å². The highest BCUT2D eigenvalue weighted by Gasteiger charge is 2.48. The number of rotatable bonds is 6. The number of hydrogen-bond donors (Lipinski definition) is 1. The molecule has 15 heavy (non-hydrogen) atoms. The van der Waals surface area contributed by atoms with E-state index in [1.807, 2.05) is 0 Å². The van der Waals surface area contributed by atoms with Crippen molar-refractivity contribution in [1.82, 2.24) is 5.32 Å². The van der Waals surface area contributed by atoms with Crippen LogP contribution in [0.3, 0.4) is 0 Å². The molecule has 0 saturated heterocycles. The van der Waals surface area contributed by atoms with Crippen molar-refractivity contribution in [1.29, 1.82) is 0 Å². The molecule has 2 aliphatic rings. The van der Waals surface area contributed by atoms with Crippen LogP contribution in [0.4, 0.5) is 0 Å². The van der Waals surface area contributed by atoms with Crippen molar-refractivity contribution in [3.8, 4) is 0 Å². The molecule has 0 aliphatic heterocycles. The Morgan fingerprint density at radius 2 is 2.07 bits per heavy atom. The summed E-state index contributed by atoms with van der Waals surface area (Å²) in [6.07, 6.45) is 5.86. The van der Waals surface area contributed by atoms with E-state index < -0.39 is 0 Å². The number of nitrogens with one attached hydrogen (secondary N) is 1. The third kappa shape index (κ3) is 2.54. The predicted octanol–water partition coefficient (Wildman–Crippen LogP) is 2.58. The Labute approximate surface area is 93.8 Å². The Bertz CT molecular complexity index is 211. The zero-order chi connectivity index (χ0) is 10.9. The highest BCUT2D eigenvalue weighted by molar-refractivity contribution is 5.02. The molecule has 0 radical (unpaired) electrons. The first-order chi connectivity index (χ1) is 7.14. The average molecular weight is 211 g/mol. The standard InChI is InChI=1S/C13H25NO/c1-4-14-11-9-12(13(11,2)3)15-8-7-10-5-6-10/h10-12,14H,4-9H2,1-3H3. The molecular weight excluding hydrogens is 186 g/mol. The Morgan fingerprint density at radius 1 is 1.33 bits per heavy atom. The van der Waals surface area contributed by atoms with Gasteiger partial charge in [-0.2, -0.15) is 0 Å². The van der Waals surface area contributed by atoms with Crippen LogP contribution in [-0.2, 0) is 4.74 Å². The summed E-state index contributed by atoms with van der Waals surface area (Å²) >= 11 is 0. The van der Waals surface area contributed by atoms with Gasteiger partial charge in [0.15, 0.2) is 0 Å². The first kappa shape index (κ1) is 11.4. The summed E-state index contributed by atoms with van der Waals surface area (Å²) in [6.45, 7) is 8.88. The second-order valence-corrected chi connectivity index (χ2v) is 5.76. The highest BCUT2D eigenvalue weighted by Crippen LogP contribution is 2.43. The van der Waals surface area contributed by atoms with Gasteiger partial charge in [-0.1, -0.05) is 33.6 Å². The minimum absolute atomic E-state index is 0.333. The summed E-state index contributed by atoms with van der Waals surface area (Å²) in [6, 6.07) is 0.661. The molecule has 0 spiro atoms. The number of hydrogen-bond acceptors (Lipinski definition) is 2. The van der Waals surface area contributed by atoms with Crippen molar-refractivity contribution in [3.63, 3.8) is 0 Å². The van der Waals surface area contributed by atoms with Crippen LogP contribution >= 0.6 is 0 Å². The van der Waals surface area contributed by atoms with Crippen molar-refractivity contribution >= 4 is 0 Å². The van der Waals surface area contributed by atoms with Crippen LogP contribution in [0, 0.1) is 11.3 Å². The third-order valence-corrected chi connectivity index (χ3v) is 4.17. The van der Waals surface area contributed by atoms with Gasteiger partial charge in [-0.25, -0.2) is 0 Å². The number of ether oxygens (including phenoxy) is 1. The van der Waals surface area contributed by atoms with Crippen LogP contribution in [0.1, 0.15) is 46.5 Å². The van der Waals surface area contributed by atoms with Gasteiger partial charge in [-0.15, -0.1) is 0 Å². The van der Waals surface area contributed by atoms with Gasteiger partial charge in [0.1, 0.15) is 0 Å². The summed E-state index contributed by atoms with van der Waals surface area (Å²) < 4.78 is 5.98. The van der Waals surface area contributed by atoms with Crippen molar-refractivity contribution in [3.05, 3.63) is 0 Å². The van der Waals surface area contributed by atoms with E-state index in [4.69, 9.17) is 4.74 Å². The maximum absolute atomic E-state index is 5.98. The minimum Gasteiger partial charge on any atom is -0.378 e. The molecule has 0 amide bonds. The zero-order valence-corrected chi connectivity index (χ0v) is 10.4. The van der Waals surface area contributed by atoms with Gasteiger partial charge >= 0.3 is 0 Å². The van der Waals surface area contributed by atoms with Gasteiger partial charge in [0.2, 0.25) is 0 Å². The molecule has 0 aromatic carbocycles. The van der Waals surface area contributed by atoms with E-state index in [1.54, 1.807) is 0 Å². The van der Waals surface area contributed by atoms with Crippen molar-refractivity contribution in [2.45, 2.75) is 58.6 Å². The van der Waals surface area contributed by atoms with Crippen LogP contribution in [-0.4, -0.2) is 25.3 Å². The average Bonchev–Trinajstić information content (AvgIpc) is 2.99. The fraction of sp³-hybridized carbons (Fsp3) is 1.00. The third-order valence-electron chi connectivity index (χ3n) is 4.17. The summed E-state index contributed by atoms with van der Waals surface area (Å²) in [5.74, 6) is 0.998. The Morgan fingerprint density at radius 3 is 2.60 bits per heavy atom. The molecule has 2 nitrogen and oxygen atoms in total. The first-order valence-electron chi connectivity index (χ1n) is 6.49. The van der Waals surface area contributed by atoms with Gasteiger partial charge in [0.05, 0.1) is 6.10 Å². The lowest BCUT2D eigenvalue weighted by Crippen LogP contribution is -2.60. The second kappa shape index (κ2) is 4.42. The van der Waals surface area contributed by atoms with E-state index in [9.17, 15) is 0 Å². The van der Waals surface area contributed by atoms with Crippen LogP contribution in [0.25, 0.3) is 0 Å². The first-order valence-corrected chi connectivity index (χ1v) is 6.49. The van der Waals surface area contributed by atoms with Gasteiger partial charge in [0, 0.05) is 18.1 Å². The molecule has 2 fully saturated rings. The summed E-state index contributed by atoms with van der Waals surface area (Å²) in [7, 11) is 0. The molecule has 88 valence electrons. The van der Waals surface area contributed by atoms with Crippen molar-refractivity contribution < 1.29 is 4.74 Å². The lowest BCUT2D eigenvalue weighted by Gasteiger charge is -2.52. The summed E-state index contributed by atoms with van der Waals surface area (Å²) in [4.78, 5) is 0. The summed E-state index contributed by atoms with van der Waals surface area (Å²) in [5.41, 5.74) is 0.333. The molecule has 2 heteroatoms. The smallest absolute Gasteiger partial charge is 0.0655 e.